The Morgan fingerprint density at radius 2 is 1.67 bits per heavy atom. The highest BCUT2D eigenvalue weighted by atomic mass is 32.1. The molecule has 0 radical (unpaired) electrons. The molecule has 0 spiro atoms. The van der Waals surface area contributed by atoms with Crippen molar-refractivity contribution in [2.75, 3.05) is 26.2 Å². The van der Waals surface area contributed by atoms with E-state index >= 15 is 0 Å². The molecule has 1 aromatic heterocycles. The van der Waals surface area contributed by atoms with Gasteiger partial charge in [-0.15, -0.1) is 11.3 Å². The lowest BCUT2D eigenvalue weighted by Gasteiger charge is -2.30. The number of rotatable bonds is 7. The highest BCUT2D eigenvalue weighted by Gasteiger charge is 2.25. The minimum atomic E-state index is 0.136. The average molecular weight is 427 g/mol. The minimum Gasteiger partial charge on any atom is -0.352 e. The van der Waals surface area contributed by atoms with E-state index in [2.05, 4.69) is 49.7 Å². The van der Waals surface area contributed by atoms with Crippen LogP contribution >= 0.6 is 11.3 Å². The first kappa shape index (κ1) is 21.5. The van der Waals surface area contributed by atoms with E-state index in [9.17, 15) is 4.79 Å². The summed E-state index contributed by atoms with van der Waals surface area (Å²) in [5.41, 5.74) is 3.71. The van der Waals surface area contributed by atoms with E-state index in [1.165, 1.54) is 43.5 Å². The van der Waals surface area contributed by atoms with Gasteiger partial charge in [0.05, 0.1) is 10.7 Å². The number of nitrogens with one attached hydrogen (secondary N) is 1. The van der Waals surface area contributed by atoms with Gasteiger partial charge >= 0.3 is 0 Å². The molecule has 2 aliphatic heterocycles. The van der Waals surface area contributed by atoms with Crippen molar-refractivity contribution >= 4 is 17.2 Å². The molecular weight excluding hydrogens is 392 g/mol. The highest BCUT2D eigenvalue weighted by molar-refractivity contribution is 7.09. The molecule has 2 aliphatic rings. The third kappa shape index (κ3) is 6.13. The maximum Gasteiger partial charge on any atom is 0.223 e. The Hall–Kier alpha value is -1.76. The van der Waals surface area contributed by atoms with Crippen molar-refractivity contribution in [3.05, 3.63) is 51.5 Å². The number of hydrogen-bond donors (Lipinski definition) is 1. The second-order valence-electron chi connectivity index (χ2n) is 8.78. The second kappa shape index (κ2) is 10.5. The quantitative estimate of drug-likeness (QED) is 0.728. The molecule has 162 valence electrons. The van der Waals surface area contributed by atoms with Crippen LogP contribution in [-0.4, -0.2) is 46.9 Å². The van der Waals surface area contributed by atoms with E-state index in [0.29, 0.717) is 6.54 Å². The molecule has 2 fully saturated rings. The lowest BCUT2D eigenvalue weighted by Crippen LogP contribution is -2.40. The predicted octanol–water partition coefficient (Wildman–Crippen LogP) is 3.97. The zero-order valence-corrected chi connectivity index (χ0v) is 18.9. The minimum absolute atomic E-state index is 0.136. The Kier molecular flexibility index (Phi) is 7.52. The van der Waals surface area contributed by atoms with Gasteiger partial charge < -0.3 is 5.32 Å². The molecule has 0 saturated carbocycles. The van der Waals surface area contributed by atoms with Crippen LogP contribution < -0.4 is 5.32 Å². The summed E-state index contributed by atoms with van der Waals surface area (Å²) in [7, 11) is 0. The van der Waals surface area contributed by atoms with Crippen molar-refractivity contribution in [1.82, 2.24) is 20.1 Å². The van der Waals surface area contributed by atoms with Gasteiger partial charge in [0, 0.05) is 30.9 Å². The van der Waals surface area contributed by atoms with Gasteiger partial charge in [-0.05, 0) is 69.9 Å². The molecule has 2 aromatic rings. The fraction of sp³-hybridized carbons (Fsp3) is 0.583. The standard InChI is InChI=1S/C24H34N4OS/c1-19-26-23(18-30-19)17-28-13-9-22(10-14-28)24(29)25-15-20-5-7-21(8-6-20)16-27-11-3-2-4-12-27/h5-8,18,22H,2-4,9-17H2,1H3,(H,25,29). The van der Waals surface area contributed by atoms with Crippen molar-refractivity contribution in [1.29, 1.82) is 0 Å². The van der Waals surface area contributed by atoms with E-state index in [-0.39, 0.29) is 11.8 Å². The lowest BCUT2D eigenvalue weighted by molar-refractivity contribution is -0.126. The molecule has 30 heavy (non-hydrogen) atoms. The SMILES string of the molecule is Cc1nc(CN2CCC(C(=O)NCc3ccc(CN4CCCCC4)cc3)CC2)cs1. The van der Waals surface area contributed by atoms with Crippen molar-refractivity contribution in [2.45, 2.75) is 58.7 Å². The third-order valence-corrected chi connectivity index (χ3v) is 7.18. The predicted molar refractivity (Wildman–Crippen MR) is 122 cm³/mol. The van der Waals surface area contributed by atoms with Crippen LogP contribution in [-0.2, 0) is 24.4 Å². The summed E-state index contributed by atoms with van der Waals surface area (Å²) in [5.74, 6) is 0.341. The second-order valence-corrected chi connectivity index (χ2v) is 9.84. The number of piperidine rings is 2. The topological polar surface area (TPSA) is 48.5 Å². The van der Waals surface area contributed by atoms with Gasteiger partial charge in [-0.25, -0.2) is 4.98 Å². The van der Waals surface area contributed by atoms with Gasteiger partial charge in [0.1, 0.15) is 0 Å². The lowest BCUT2D eigenvalue weighted by atomic mass is 9.95. The van der Waals surface area contributed by atoms with Crippen LogP contribution in [0.15, 0.2) is 29.6 Å². The summed E-state index contributed by atoms with van der Waals surface area (Å²) in [4.78, 5) is 22.1. The maximum atomic E-state index is 12.6. The molecule has 0 aliphatic carbocycles. The number of carbonyl (C=O) groups excluding carboxylic acids is 1. The molecule has 2 saturated heterocycles. The van der Waals surface area contributed by atoms with Gasteiger partial charge in [0.25, 0.3) is 0 Å². The van der Waals surface area contributed by atoms with Crippen LogP contribution in [0.1, 0.15) is 53.9 Å². The van der Waals surface area contributed by atoms with E-state index in [4.69, 9.17) is 0 Å². The summed E-state index contributed by atoms with van der Waals surface area (Å²) in [6.07, 6.45) is 5.90. The summed E-state index contributed by atoms with van der Waals surface area (Å²) >= 11 is 1.71. The Morgan fingerprint density at radius 3 is 2.33 bits per heavy atom. The summed E-state index contributed by atoms with van der Waals surface area (Å²) in [5, 5.41) is 6.43. The van der Waals surface area contributed by atoms with Crippen molar-refractivity contribution in [3.63, 3.8) is 0 Å². The third-order valence-electron chi connectivity index (χ3n) is 6.36. The number of benzene rings is 1. The average Bonchev–Trinajstić information content (AvgIpc) is 3.19. The molecule has 1 aromatic carbocycles. The molecule has 5 nitrogen and oxygen atoms in total. The Labute approximate surface area is 184 Å². The molecule has 4 rings (SSSR count). The van der Waals surface area contributed by atoms with Crippen molar-refractivity contribution in [2.24, 2.45) is 5.92 Å². The number of aromatic nitrogens is 1. The molecule has 1 N–H and O–H groups in total. The van der Waals surface area contributed by atoms with Gasteiger partial charge in [-0.3, -0.25) is 14.6 Å². The van der Waals surface area contributed by atoms with E-state index < -0.39 is 0 Å². The van der Waals surface area contributed by atoms with Crippen molar-refractivity contribution in [3.8, 4) is 0 Å². The normalized spacial score (nSPS) is 19.1. The first-order valence-corrected chi connectivity index (χ1v) is 12.2. The van der Waals surface area contributed by atoms with Crippen molar-refractivity contribution < 1.29 is 4.79 Å². The first-order chi connectivity index (χ1) is 14.7. The van der Waals surface area contributed by atoms with E-state index in [1.54, 1.807) is 11.3 Å². The first-order valence-electron chi connectivity index (χ1n) is 11.4. The number of likely N-dealkylation sites (tertiary alicyclic amines) is 2. The summed E-state index contributed by atoms with van der Waals surface area (Å²) in [6.45, 7) is 9.02. The largest absolute Gasteiger partial charge is 0.352 e. The fourth-order valence-electron chi connectivity index (χ4n) is 4.53. The summed E-state index contributed by atoms with van der Waals surface area (Å²) in [6, 6.07) is 8.76. The zero-order chi connectivity index (χ0) is 20.8. The summed E-state index contributed by atoms with van der Waals surface area (Å²) < 4.78 is 0. The van der Waals surface area contributed by atoms with Gasteiger partial charge in [-0.1, -0.05) is 30.7 Å². The molecule has 0 bridgehead atoms. The monoisotopic (exact) mass is 426 g/mol. The van der Waals surface area contributed by atoms with Gasteiger partial charge in [0.15, 0.2) is 0 Å². The Morgan fingerprint density at radius 1 is 1.00 bits per heavy atom. The number of aryl methyl sites for hydroxylation is 1. The number of nitrogens with zero attached hydrogens (tertiary/aromatic N) is 3. The van der Waals surface area contributed by atoms with Gasteiger partial charge in [0.2, 0.25) is 5.91 Å². The molecule has 3 heterocycles. The number of carbonyl (C=O) groups is 1. The van der Waals surface area contributed by atoms with Gasteiger partial charge in [-0.2, -0.15) is 0 Å². The van der Waals surface area contributed by atoms with Crippen LogP contribution in [0.5, 0.6) is 0 Å². The molecule has 6 heteroatoms. The maximum absolute atomic E-state index is 12.6. The molecule has 0 atom stereocenters. The van der Waals surface area contributed by atoms with Crippen LogP contribution in [0.2, 0.25) is 0 Å². The van der Waals surface area contributed by atoms with E-state index in [1.807, 2.05) is 6.92 Å². The number of hydrogen-bond acceptors (Lipinski definition) is 5. The number of amides is 1. The smallest absolute Gasteiger partial charge is 0.223 e. The number of thiazole rings is 1. The van der Waals surface area contributed by atoms with Crippen LogP contribution in [0, 0.1) is 12.8 Å². The zero-order valence-electron chi connectivity index (χ0n) is 18.1. The molecular formula is C24H34N4OS. The molecule has 0 unspecified atom stereocenters. The highest BCUT2D eigenvalue weighted by Crippen LogP contribution is 2.20. The fourth-order valence-corrected chi connectivity index (χ4v) is 5.14. The Bertz CT molecular complexity index is 805. The van der Waals surface area contributed by atoms with Crippen LogP contribution in [0.4, 0.5) is 0 Å². The molecule has 1 amide bonds. The van der Waals surface area contributed by atoms with Crippen LogP contribution in [0.3, 0.4) is 0 Å². The van der Waals surface area contributed by atoms with Crippen LogP contribution in [0.25, 0.3) is 0 Å². The van der Waals surface area contributed by atoms with E-state index in [0.717, 1.165) is 49.7 Å². The Balaban J connectivity index is 1.17.